The highest BCUT2D eigenvalue weighted by Gasteiger charge is 2.41. The zero-order valence-corrected chi connectivity index (χ0v) is 25.6. The summed E-state index contributed by atoms with van der Waals surface area (Å²) in [5, 5.41) is 7.29. The number of benzene rings is 2. The Bertz CT molecular complexity index is 1590. The van der Waals surface area contributed by atoms with Crippen molar-refractivity contribution in [1.82, 2.24) is 19.8 Å². The van der Waals surface area contributed by atoms with Gasteiger partial charge in [0.1, 0.15) is 0 Å². The Morgan fingerprint density at radius 1 is 1.00 bits per heavy atom. The third kappa shape index (κ3) is 5.64. The van der Waals surface area contributed by atoms with Gasteiger partial charge in [-0.1, -0.05) is 43.3 Å². The largest absolute Gasteiger partial charge is 0.352 e. The zero-order valence-electron chi connectivity index (χ0n) is 24.8. The molecule has 0 saturated carbocycles. The number of thiocarbonyl (C=S) groups is 1. The van der Waals surface area contributed by atoms with E-state index in [-0.39, 0.29) is 18.0 Å². The van der Waals surface area contributed by atoms with Gasteiger partial charge in [-0.25, -0.2) is 0 Å². The van der Waals surface area contributed by atoms with Gasteiger partial charge in [-0.2, -0.15) is 0 Å². The van der Waals surface area contributed by atoms with Gasteiger partial charge in [-0.15, -0.1) is 0 Å². The van der Waals surface area contributed by atoms with Crippen LogP contribution in [-0.4, -0.2) is 32.0 Å². The van der Waals surface area contributed by atoms with Crippen molar-refractivity contribution in [3.8, 4) is 5.69 Å². The van der Waals surface area contributed by atoms with Crippen LogP contribution in [0.5, 0.6) is 0 Å². The molecular formula is C34H39N5OS. The van der Waals surface area contributed by atoms with E-state index in [2.05, 4.69) is 78.1 Å². The first kappa shape index (κ1) is 28.6. The van der Waals surface area contributed by atoms with Gasteiger partial charge in [-0.05, 0) is 105 Å². The molecule has 41 heavy (non-hydrogen) atoms. The summed E-state index contributed by atoms with van der Waals surface area (Å²) in [5.74, 6) is -0.0282. The number of rotatable bonds is 8. The standard InChI is InChI=1S/C34H39N5OS/c1-7-26-12-10-11-23(4)32(26)39-24(5)20-27(25(39)6)33-31(28-13-8-9-17-35-28)37-34(41)38(33)18-16-30(40)36-29-19-21(2)14-15-22(29)3/h8-15,17,19-20,31,33H,7,16,18H2,1-6H3,(H,36,40)(H,37,41). The summed E-state index contributed by atoms with van der Waals surface area (Å²) >= 11 is 5.90. The van der Waals surface area contributed by atoms with Crippen LogP contribution < -0.4 is 10.6 Å². The molecule has 2 unspecified atom stereocenters. The number of hydrogen-bond acceptors (Lipinski definition) is 3. The van der Waals surface area contributed by atoms with Crippen molar-refractivity contribution in [2.24, 2.45) is 0 Å². The number of hydrogen-bond donors (Lipinski definition) is 2. The molecule has 2 N–H and O–H groups in total. The minimum atomic E-state index is -0.137. The average molecular weight is 566 g/mol. The Kier molecular flexibility index (Phi) is 8.27. The molecule has 4 aromatic rings. The van der Waals surface area contributed by atoms with Gasteiger partial charge in [0.15, 0.2) is 5.11 Å². The molecule has 1 saturated heterocycles. The lowest BCUT2D eigenvalue weighted by molar-refractivity contribution is -0.116. The highest BCUT2D eigenvalue weighted by molar-refractivity contribution is 7.80. The summed E-state index contributed by atoms with van der Waals surface area (Å²) in [7, 11) is 0. The van der Waals surface area contributed by atoms with Crippen LogP contribution in [0.1, 0.15) is 70.3 Å². The van der Waals surface area contributed by atoms with Crippen molar-refractivity contribution >= 4 is 28.9 Å². The Labute approximate surface area is 248 Å². The molecule has 2 aromatic carbocycles. The van der Waals surface area contributed by atoms with E-state index in [1.165, 1.54) is 33.8 Å². The van der Waals surface area contributed by atoms with Crippen LogP contribution in [0.3, 0.4) is 0 Å². The lowest BCUT2D eigenvalue weighted by Gasteiger charge is -2.28. The van der Waals surface area contributed by atoms with E-state index >= 15 is 0 Å². The third-order valence-corrected chi connectivity index (χ3v) is 8.51. The molecule has 0 spiro atoms. The van der Waals surface area contributed by atoms with Crippen LogP contribution in [0.25, 0.3) is 5.69 Å². The molecule has 1 aliphatic rings. The number of carbonyl (C=O) groups excluding carboxylic acids is 1. The first-order chi connectivity index (χ1) is 19.7. The van der Waals surface area contributed by atoms with Crippen LogP contribution in [0.4, 0.5) is 5.69 Å². The Balaban J connectivity index is 1.51. The van der Waals surface area contributed by atoms with Gasteiger partial charge in [0.05, 0.1) is 23.5 Å². The van der Waals surface area contributed by atoms with Gasteiger partial charge >= 0.3 is 0 Å². The maximum absolute atomic E-state index is 13.1. The van der Waals surface area contributed by atoms with Crippen molar-refractivity contribution < 1.29 is 4.79 Å². The highest BCUT2D eigenvalue weighted by atomic mass is 32.1. The molecule has 0 radical (unpaired) electrons. The van der Waals surface area contributed by atoms with Crippen molar-refractivity contribution in [2.45, 2.75) is 66.5 Å². The Morgan fingerprint density at radius 2 is 1.80 bits per heavy atom. The monoisotopic (exact) mass is 565 g/mol. The second-order valence-corrected chi connectivity index (χ2v) is 11.4. The first-order valence-corrected chi connectivity index (χ1v) is 14.7. The van der Waals surface area contributed by atoms with E-state index in [4.69, 9.17) is 17.2 Å². The number of carbonyl (C=O) groups is 1. The number of aryl methyl sites for hydroxylation is 5. The SMILES string of the molecule is CCc1cccc(C)c1-n1c(C)cc(C2C(c3ccccn3)NC(=S)N2CCC(=O)Nc2cc(C)ccc2C)c1C. The minimum Gasteiger partial charge on any atom is -0.352 e. The number of pyridine rings is 1. The summed E-state index contributed by atoms with van der Waals surface area (Å²) in [6.07, 6.45) is 3.09. The van der Waals surface area contributed by atoms with Gasteiger partial charge < -0.3 is 20.1 Å². The molecule has 0 aliphatic carbocycles. The topological polar surface area (TPSA) is 62.2 Å². The smallest absolute Gasteiger partial charge is 0.226 e. The Hall–Kier alpha value is -3.97. The first-order valence-electron chi connectivity index (χ1n) is 14.3. The van der Waals surface area contributed by atoms with E-state index in [0.29, 0.717) is 18.1 Å². The average Bonchev–Trinajstić information content (AvgIpc) is 3.44. The zero-order chi connectivity index (χ0) is 29.3. The minimum absolute atomic E-state index is 0.0282. The van der Waals surface area contributed by atoms with Gasteiger partial charge in [-0.3, -0.25) is 9.78 Å². The van der Waals surface area contributed by atoms with Crippen LogP contribution in [0, 0.1) is 34.6 Å². The summed E-state index contributed by atoms with van der Waals surface area (Å²) < 4.78 is 2.38. The van der Waals surface area contributed by atoms with E-state index in [1.54, 1.807) is 0 Å². The van der Waals surface area contributed by atoms with E-state index in [0.717, 1.165) is 28.9 Å². The quantitative estimate of drug-likeness (QED) is 0.226. The maximum Gasteiger partial charge on any atom is 0.226 e. The second-order valence-electron chi connectivity index (χ2n) is 11.0. The van der Waals surface area contributed by atoms with Gasteiger partial charge in [0.25, 0.3) is 0 Å². The highest BCUT2D eigenvalue weighted by Crippen LogP contribution is 2.42. The van der Waals surface area contributed by atoms with Gasteiger partial charge in [0.2, 0.25) is 5.91 Å². The fourth-order valence-electron chi connectivity index (χ4n) is 6.05. The summed E-state index contributed by atoms with van der Waals surface area (Å²) in [6, 6.07) is 20.6. The van der Waals surface area contributed by atoms with Crippen molar-refractivity contribution in [1.29, 1.82) is 0 Å². The summed E-state index contributed by atoms with van der Waals surface area (Å²) in [6.45, 7) is 13.3. The molecule has 6 nitrogen and oxygen atoms in total. The molecule has 7 heteroatoms. The van der Waals surface area contributed by atoms with E-state index in [9.17, 15) is 4.79 Å². The van der Waals surface area contributed by atoms with Crippen LogP contribution in [0.15, 0.2) is 66.9 Å². The van der Waals surface area contributed by atoms with E-state index in [1.807, 2.05) is 50.4 Å². The number of anilines is 1. The van der Waals surface area contributed by atoms with Crippen molar-refractivity contribution in [2.75, 3.05) is 11.9 Å². The molecule has 212 valence electrons. The summed E-state index contributed by atoms with van der Waals surface area (Å²) in [5.41, 5.74) is 11.3. The van der Waals surface area contributed by atoms with Crippen molar-refractivity contribution in [3.63, 3.8) is 0 Å². The normalized spacial score (nSPS) is 16.6. The van der Waals surface area contributed by atoms with Crippen LogP contribution in [0.2, 0.25) is 0 Å². The second kappa shape index (κ2) is 11.9. The Morgan fingerprint density at radius 3 is 2.54 bits per heavy atom. The molecule has 2 atom stereocenters. The predicted octanol–water partition coefficient (Wildman–Crippen LogP) is 6.98. The van der Waals surface area contributed by atoms with Crippen molar-refractivity contribution in [3.05, 3.63) is 112 Å². The lowest BCUT2D eigenvalue weighted by atomic mass is 9.96. The lowest BCUT2D eigenvalue weighted by Crippen LogP contribution is -2.33. The molecule has 3 heterocycles. The van der Waals surface area contributed by atoms with Crippen LogP contribution >= 0.6 is 12.2 Å². The molecule has 2 aromatic heterocycles. The molecule has 1 amide bonds. The number of para-hydroxylation sites is 1. The van der Waals surface area contributed by atoms with E-state index < -0.39 is 0 Å². The molecule has 5 rings (SSSR count). The molecular weight excluding hydrogens is 526 g/mol. The molecule has 1 aliphatic heterocycles. The fourth-order valence-corrected chi connectivity index (χ4v) is 6.38. The number of amides is 1. The molecule has 0 bridgehead atoms. The third-order valence-electron chi connectivity index (χ3n) is 8.16. The molecule has 1 fully saturated rings. The maximum atomic E-state index is 13.1. The number of nitrogens with one attached hydrogen (secondary N) is 2. The predicted molar refractivity (Wildman–Crippen MR) is 171 cm³/mol. The number of aromatic nitrogens is 2. The fraction of sp³-hybridized carbons (Fsp3) is 0.324. The van der Waals surface area contributed by atoms with Crippen LogP contribution in [-0.2, 0) is 11.2 Å². The number of nitrogens with zero attached hydrogens (tertiary/aromatic N) is 3. The summed E-state index contributed by atoms with van der Waals surface area (Å²) in [4.78, 5) is 20.0. The van der Waals surface area contributed by atoms with Gasteiger partial charge in [0, 0.05) is 36.2 Å².